The minimum atomic E-state index is -1.16. The van der Waals surface area contributed by atoms with Gasteiger partial charge in [0, 0.05) is 34.5 Å². The van der Waals surface area contributed by atoms with Crippen LogP contribution in [0.1, 0.15) is 41.9 Å². The zero-order chi connectivity index (χ0) is 24.9. The van der Waals surface area contributed by atoms with Gasteiger partial charge in [-0.05, 0) is 42.0 Å². The van der Waals surface area contributed by atoms with E-state index in [0.717, 1.165) is 40.4 Å². The number of ether oxygens (including phenoxy) is 1. The van der Waals surface area contributed by atoms with Gasteiger partial charge in [-0.25, -0.2) is 0 Å². The van der Waals surface area contributed by atoms with Gasteiger partial charge in [0.1, 0.15) is 12.0 Å². The highest BCUT2D eigenvalue weighted by Crippen LogP contribution is 2.70. The molecule has 0 amide bonds. The molecular formula is C30H28N2O4. The van der Waals surface area contributed by atoms with Gasteiger partial charge in [-0.15, -0.1) is 0 Å². The maximum Gasteiger partial charge on any atom is 0.317 e. The third kappa shape index (κ3) is 3.35. The fourth-order valence-corrected chi connectivity index (χ4v) is 6.61. The third-order valence-corrected chi connectivity index (χ3v) is 8.35. The number of benzene rings is 3. The minimum absolute atomic E-state index is 0.130. The molecule has 1 unspecified atom stereocenters. The van der Waals surface area contributed by atoms with E-state index in [1.54, 1.807) is 0 Å². The number of carbonyl (C=O) groups excluding carboxylic acids is 1. The maximum absolute atomic E-state index is 14.3. The van der Waals surface area contributed by atoms with Crippen LogP contribution in [0.25, 0.3) is 10.9 Å². The molecule has 0 bridgehead atoms. The van der Waals surface area contributed by atoms with E-state index in [9.17, 15) is 14.9 Å². The molecule has 2 aliphatic carbocycles. The first-order chi connectivity index (χ1) is 17.5. The largest absolute Gasteiger partial charge is 0.460 e. The molecule has 36 heavy (non-hydrogen) atoms. The quantitative estimate of drug-likeness (QED) is 0.199. The summed E-state index contributed by atoms with van der Waals surface area (Å²) in [5.74, 6) is -1.03. The van der Waals surface area contributed by atoms with Gasteiger partial charge in [0.25, 0.3) is 0 Å². The predicted octanol–water partition coefficient (Wildman–Crippen LogP) is 5.77. The Morgan fingerprint density at radius 3 is 2.31 bits per heavy atom. The Balaban J connectivity index is 1.56. The Labute approximate surface area is 209 Å². The Morgan fingerprint density at radius 1 is 1.00 bits per heavy atom. The number of aryl methyl sites for hydroxylation is 1. The standard InChI is InChI=1S/C30H28N2O4/c1-31-18-24(23-14-8-9-15-25(23)31)26-27(32(34)35)29(16-17-29)20-30(26,22-12-6-3-7-13-22)28(33)36-19-21-10-4-2-5-11-21/h2-15,18,26-27H,16-17,19-20H2,1H3/t26?,27-,30+/m1/s1. The molecule has 1 aromatic heterocycles. The maximum atomic E-state index is 14.3. The molecule has 2 fully saturated rings. The average Bonchev–Trinajstić information content (AvgIpc) is 3.49. The number of hydrogen-bond acceptors (Lipinski definition) is 4. The number of esters is 1. The van der Waals surface area contributed by atoms with Gasteiger partial charge in [0.2, 0.25) is 6.04 Å². The van der Waals surface area contributed by atoms with Crippen molar-refractivity contribution in [1.82, 2.24) is 4.57 Å². The Morgan fingerprint density at radius 2 is 1.64 bits per heavy atom. The summed E-state index contributed by atoms with van der Waals surface area (Å²) < 4.78 is 8.03. The molecule has 1 spiro atoms. The number of aromatic nitrogens is 1. The summed E-state index contributed by atoms with van der Waals surface area (Å²) in [4.78, 5) is 26.9. The second-order valence-corrected chi connectivity index (χ2v) is 10.4. The topological polar surface area (TPSA) is 74.4 Å². The number of nitro groups is 1. The summed E-state index contributed by atoms with van der Waals surface area (Å²) in [5, 5.41) is 13.7. The molecular weight excluding hydrogens is 452 g/mol. The van der Waals surface area contributed by atoms with Crippen LogP contribution in [-0.2, 0) is 28.6 Å². The van der Waals surface area contributed by atoms with Crippen molar-refractivity contribution in [3.05, 3.63) is 118 Å². The van der Waals surface area contributed by atoms with Crippen molar-refractivity contribution in [3.63, 3.8) is 0 Å². The molecule has 3 atom stereocenters. The van der Waals surface area contributed by atoms with Crippen molar-refractivity contribution in [3.8, 4) is 0 Å². The Bertz CT molecular complexity index is 1440. The minimum Gasteiger partial charge on any atom is -0.460 e. The van der Waals surface area contributed by atoms with E-state index >= 15 is 0 Å². The van der Waals surface area contributed by atoms with E-state index in [0.29, 0.717) is 6.42 Å². The first-order valence-corrected chi connectivity index (χ1v) is 12.4. The van der Waals surface area contributed by atoms with Crippen LogP contribution in [0.2, 0.25) is 0 Å². The predicted molar refractivity (Wildman–Crippen MR) is 137 cm³/mol. The second-order valence-electron chi connectivity index (χ2n) is 10.4. The number of nitrogens with zero attached hydrogens (tertiary/aromatic N) is 2. The summed E-state index contributed by atoms with van der Waals surface area (Å²) in [6, 6.07) is 26.2. The lowest BCUT2D eigenvalue weighted by Gasteiger charge is -2.33. The fourth-order valence-electron chi connectivity index (χ4n) is 6.61. The molecule has 6 nitrogen and oxygen atoms in total. The molecule has 6 heteroatoms. The van der Waals surface area contributed by atoms with Crippen LogP contribution in [0.5, 0.6) is 0 Å². The zero-order valence-corrected chi connectivity index (χ0v) is 20.2. The highest BCUT2D eigenvalue weighted by molar-refractivity contribution is 5.90. The van der Waals surface area contributed by atoms with Gasteiger partial charge in [0.05, 0.1) is 5.92 Å². The summed E-state index contributed by atoms with van der Waals surface area (Å²) in [6.45, 7) is 0.132. The van der Waals surface area contributed by atoms with E-state index in [2.05, 4.69) is 0 Å². The molecule has 0 radical (unpaired) electrons. The summed E-state index contributed by atoms with van der Waals surface area (Å²) in [5.41, 5.74) is 1.85. The van der Waals surface area contributed by atoms with Crippen molar-refractivity contribution in [1.29, 1.82) is 0 Å². The average molecular weight is 481 g/mol. The second kappa shape index (κ2) is 8.33. The van der Waals surface area contributed by atoms with Crippen molar-refractivity contribution >= 4 is 16.9 Å². The first kappa shape index (κ1) is 22.5. The van der Waals surface area contributed by atoms with Crippen molar-refractivity contribution < 1.29 is 14.5 Å². The summed E-state index contributed by atoms with van der Waals surface area (Å²) >= 11 is 0. The number of hydrogen-bond donors (Lipinski definition) is 0. The van der Waals surface area contributed by atoms with Crippen LogP contribution >= 0.6 is 0 Å². The van der Waals surface area contributed by atoms with Crippen molar-refractivity contribution in [2.75, 3.05) is 0 Å². The third-order valence-electron chi connectivity index (χ3n) is 8.35. The summed E-state index contributed by atoms with van der Waals surface area (Å²) in [7, 11) is 1.95. The van der Waals surface area contributed by atoms with Gasteiger partial charge in [-0.1, -0.05) is 78.9 Å². The van der Waals surface area contributed by atoms with Gasteiger partial charge in [-0.2, -0.15) is 0 Å². The van der Waals surface area contributed by atoms with Crippen LogP contribution in [0.4, 0.5) is 0 Å². The lowest BCUT2D eigenvalue weighted by Crippen LogP contribution is -2.43. The number of carbonyl (C=O) groups is 1. The Kier molecular flexibility index (Phi) is 5.21. The van der Waals surface area contributed by atoms with Gasteiger partial charge in [-0.3, -0.25) is 14.9 Å². The monoisotopic (exact) mass is 480 g/mol. The first-order valence-electron chi connectivity index (χ1n) is 12.4. The van der Waals surface area contributed by atoms with Crippen molar-refractivity contribution in [2.45, 2.75) is 43.2 Å². The smallest absolute Gasteiger partial charge is 0.317 e. The lowest BCUT2D eigenvalue weighted by molar-refractivity contribution is -0.535. The number of fused-ring (bicyclic) bond motifs is 1. The molecule has 4 aromatic rings. The molecule has 3 aromatic carbocycles. The SMILES string of the molecule is Cn1cc(C2[C@@H]([N+](=O)[O-])C3(CC3)C[C@]2(C(=O)OCc2ccccc2)c2ccccc2)c2ccccc21. The molecule has 0 N–H and O–H groups in total. The van der Waals surface area contributed by atoms with E-state index in [-0.39, 0.29) is 17.5 Å². The molecule has 182 valence electrons. The number of para-hydroxylation sites is 1. The van der Waals surface area contributed by atoms with Crippen LogP contribution in [0.15, 0.2) is 91.1 Å². The van der Waals surface area contributed by atoms with Crippen LogP contribution < -0.4 is 0 Å². The molecule has 2 aliphatic rings. The highest BCUT2D eigenvalue weighted by Gasteiger charge is 2.75. The molecule has 1 heterocycles. The van der Waals surface area contributed by atoms with E-state index in [4.69, 9.17) is 4.74 Å². The summed E-state index contributed by atoms with van der Waals surface area (Å²) in [6.07, 6.45) is 3.90. The van der Waals surface area contributed by atoms with Crippen LogP contribution in [0.3, 0.4) is 0 Å². The van der Waals surface area contributed by atoms with Gasteiger partial charge >= 0.3 is 5.97 Å². The fraction of sp³-hybridized carbons (Fsp3) is 0.300. The van der Waals surface area contributed by atoms with Crippen LogP contribution in [-0.4, -0.2) is 21.5 Å². The molecule has 0 saturated heterocycles. The zero-order valence-electron chi connectivity index (χ0n) is 20.2. The van der Waals surface area contributed by atoms with Crippen molar-refractivity contribution in [2.24, 2.45) is 12.5 Å². The lowest BCUT2D eigenvalue weighted by atomic mass is 9.68. The Hall–Kier alpha value is -3.93. The molecule has 2 saturated carbocycles. The molecule has 6 rings (SSSR count). The van der Waals surface area contributed by atoms with Gasteiger partial charge < -0.3 is 9.30 Å². The molecule has 0 aliphatic heterocycles. The van der Waals surface area contributed by atoms with Crippen LogP contribution in [0, 0.1) is 15.5 Å². The highest BCUT2D eigenvalue weighted by atomic mass is 16.6. The van der Waals surface area contributed by atoms with Gasteiger partial charge in [0.15, 0.2) is 0 Å². The number of rotatable bonds is 6. The van der Waals surface area contributed by atoms with E-state index in [1.807, 2.05) is 103 Å². The normalized spacial score (nSPS) is 24.1. The van der Waals surface area contributed by atoms with E-state index in [1.165, 1.54) is 0 Å². The van der Waals surface area contributed by atoms with E-state index < -0.39 is 22.8 Å².